The number of halogens is 3. The molecule has 0 aromatic heterocycles. The largest absolute Gasteiger partial charge is 0.492 e. The molecule has 15 heteroatoms. The Balaban J connectivity index is 0.000000745. The summed E-state index contributed by atoms with van der Waals surface area (Å²) in [6, 6.07) is 20.5. The van der Waals surface area contributed by atoms with Gasteiger partial charge >= 0.3 is 18.1 Å². The molecule has 0 aliphatic carbocycles. The Morgan fingerprint density at radius 2 is 1.63 bits per heavy atom. The van der Waals surface area contributed by atoms with Gasteiger partial charge in [-0.25, -0.2) is 18.4 Å². The molecule has 0 aliphatic heterocycles. The lowest BCUT2D eigenvalue weighted by Gasteiger charge is -2.24. The van der Waals surface area contributed by atoms with Crippen molar-refractivity contribution in [2.24, 2.45) is 10.9 Å². The number of nitrogen functional groups attached to an aromatic ring is 1. The molecule has 0 aliphatic rings. The topological polar surface area (TPSA) is 186 Å². The van der Waals surface area contributed by atoms with Crippen molar-refractivity contribution in [2.45, 2.75) is 11.1 Å². The highest BCUT2D eigenvalue weighted by atomic mass is 32.2. The number of anilines is 1. The molecule has 0 heterocycles. The summed E-state index contributed by atoms with van der Waals surface area (Å²) in [6.07, 6.45) is -5.08. The van der Waals surface area contributed by atoms with Gasteiger partial charge in [-0.1, -0.05) is 42.5 Å². The van der Waals surface area contributed by atoms with Crippen molar-refractivity contribution in [3.8, 4) is 16.9 Å². The molecule has 0 amide bonds. The molecule has 0 fully saturated rings. The van der Waals surface area contributed by atoms with Crippen molar-refractivity contribution in [1.29, 1.82) is 5.41 Å². The minimum absolute atomic E-state index is 0.00447. The van der Waals surface area contributed by atoms with E-state index in [1.807, 2.05) is 6.07 Å². The first kappa shape index (κ1) is 32.6. The van der Waals surface area contributed by atoms with E-state index < -0.39 is 28.1 Å². The van der Waals surface area contributed by atoms with Gasteiger partial charge in [-0.3, -0.25) is 10.2 Å². The highest BCUT2D eigenvalue weighted by Gasteiger charge is 2.38. The molecule has 0 atom stereocenters. The van der Waals surface area contributed by atoms with Gasteiger partial charge in [-0.2, -0.15) is 13.2 Å². The number of carboxylic acid groups (broad SMARTS) is 1. The number of esters is 1. The molecule has 0 radical (unpaired) electrons. The summed E-state index contributed by atoms with van der Waals surface area (Å²) in [5.41, 5.74) is 8.02. The van der Waals surface area contributed by atoms with E-state index >= 15 is 0 Å². The van der Waals surface area contributed by atoms with E-state index in [2.05, 4.69) is 0 Å². The molecule has 3 aromatic rings. The number of aliphatic carboxylic acids is 1. The van der Waals surface area contributed by atoms with Crippen LogP contribution in [0.1, 0.15) is 5.56 Å². The smallest absolute Gasteiger partial charge is 0.490 e. The minimum Gasteiger partial charge on any atom is -0.492 e. The van der Waals surface area contributed by atoms with Crippen LogP contribution in [0.2, 0.25) is 0 Å². The molecule has 41 heavy (non-hydrogen) atoms. The fourth-order valence-electron chi connectivity index (χ4n) is 3.35. The predicted molar refractivity (Wildman–Crippen MR) is 144 cm³/mol. The van der Waals surface area contributed by atoms with Gasteiger partial charge in [0.1, 0.15) is 24.7 Å². The maximum Gasteiger partial charge on any atom is 0.490 e. The van der Waals surface area contributed by atoms with Crippen molar-refractivity contribution >= 4 is 33.5 Å². The van der Waals surface area contributed by atoms with Gasteiger partial charge < -0.3 is 25.2 Å². The number of nitrogens with one attached hydrogen (secondary N) is 1. The summed E-state index contributed by atoms with van der Waals surface area (Å²) in [6.45, 7) is 0.630. The molecule has 3 rings (SSSR count). The number of hydrogen-bond acceptors (Lipinski definition) is 8. The van der Waals surface area contributed by atoms with Crippen LogP contribution in [0.25, 0.3) is 11.1 Å². The van der Waals surface area contributed by atoms with Gasteiger partial charge in [0.2, 0.25) is 10.0 Å². The summed E-state index contributed by atoms with van der Waals surface area (Å²) in [4.78, 5) is 22.6. The summed E-state index contributed by atoms with van der Waals surface area (Å²) in [5, 5.41) is 20.1. The van der Waals surface area contributed by atoms with Crippen LogP contribution < -0.4 is 20.5 Å². The van der Waals surface area contributed by atoms with E-state index in [-0.39, 0.29) is 23.9 Å². The maximum absolute atomic E-state index is 11.9. The minimum atomic E-state index is -5.08. The van der Waals surface area contributed by atoms with Crippen LogP contribution in [-0.2, 0) is 24.3 Å². The number of nitrogens with zero attached hydrogens (tertiary/aromatic N) is 1. The molecular formula is C26H27F3N4O7S. The number of carbonyl (C=O) groups is 2. The van der Waals surface area contributed by atoms with Crippen LogP contribution in [0.15, 0.2) is 77.7 Å². The van der Waals surface area contributed by atoms with Gasteiger partial charge in [-0.15, -0.1) is 0 Å². The quantitative estimate of drug-likeness (QED) is 0.155. The van der Waals surface area contributed by atoms with Crippen molar-refractivity contribution in [2.75, 3.05) is 31.7 Å². The number of hydrogen-bond donors (Lipinski definition) is 4. The van der Waals surface area contributed by atoms with Gasteiger partial charge in [0, 0.05) is 16.8 Å². The molecule has 0 saturated heterocycles. The lowest BCUT2D eigenvalue weighted by molar-refractivity contribution is -0.192. The molecule has 11 nitrogen and oxygen atoms in total. The van der Waals surface area contributed by atoms with E-state index in [1.165, 1.54) is 13.2 Å². The predicted octanol–water partition coefficient (Wildman–Crippen LogP) is 2.98. The number of methoxy groups -OCH3 is 1. The van der Waals surface area contributed by atoms with E-state index in [0.717, 1.165) is 0 Å². The molecule has 3 aromatic carbocycles. The normalized spacial score (nSPS) is 11.0. The standard InChI is InChI=1S/C24H26N4O5S.C2HF3O2/c1-32-23(29)16-28(19-6-4-5-18(15-19)24(25)26)13-14-33-20-11-9-17(10-12-20)21-7-2-3-8-22(21)34(27,30)31;3-2(4,5)1(6)7/h2-12,15H,13-14,16H2,1H3,(H3,25,26)(H2,27,30,31);(H,6,7). The molecule has 6 N–H and O–H groups in total. The number of ether oxygens (including phenoxy) is 2. The molecule has 0 saturated carbocycles. The molecular weight excluding hydrogens is 569 g/mol. The van der Waals surface area contributed by atoms with Gasteiger partial charge in [0.15, 0.2) is 0 Å². The summed E-state index contributed by atoms with van der Waals surface area (Å²) in [7, 11) is -2.54. The monoisotopic (exact) mass is 596 g/mol. The third-order valence-corrected chi connectivity index (χ3v) is 6.27. The van der Waals surface area contributed by atoms with Crippen molar-refractivity contribution < 1.29 is 45.8 Å². The van der Waals surface area contributed by atoms with Crippen LogP contribution in [0.4, 0.5) is 18.9 Å². The average molecular weight is 597 g/mol. The number of alkyl halides is 3. The van der Waals surface area contributed by atoms with Crippen molar-refractivity contribution in [3.63, 3.8) is 0 Å². The zero-order chi connectivity index (χ0) is 30.8. The number of carboxylic acids is 1. The first-order chi connectivity index (χ1) is 19.1. The lowest BCUT2D eigenvalue weighted by Crippen LogP contribution is -2.34. The van der Waals surface area contributed by atoms with Crippen molar-refractivity contribution in [1.82, 2.24) is 0 Å². The first-order valence-electron chi connectivity index (χ1n) is 11.5. The second-order valence-corrected chi connectivity index (χ2v) is 9.71. The van der Waals surface area contributed by atoms with Crippen molar-refractivity contribution in [3.05, 3.63) is 78.4 Å². The first-order valence-corrected chi connectivity index (χ1v) is 13.1. The molecule has 0 spiro atoms. The highest BCUT2D eigenvalue weighted by molar-refractivity contribution is 7.89. The number of primary sulfonamides is 1. The number of benzene rings is 3. The highest BCUT2D eigenvalue weighted by Crippen LogP contribution is 2.28. The Kier molecular flexibility index (Phi) is 11.2. The number of rotatable bonds is 10. The SMILES string of the molecule is COC(=O)CN(CCOc1ccc(-c2ccccc2S(N)(=O)=O)cc1)c1cccc(C(=N)N)c1.O=C(O)C(F)(F)F. The third kappa shape index (κ3) is 10.1. The van der Waals surface area contributed by atoms with Crippen LogP contribution in [0.5, 0.6) is 5.75 Å². The van der Waals surface area contributed by atoms with Crippen LogP contribution in [-0.4, -0.2) is 64.3 Å². The van der Waals surface area contributed by atoms with Gasteiger partial charge in [0.25, 0.3) is 0 Å². The maximum atomic E-state index is 11.9. The second-order valence-electron chi connectivity index (χ2n) is 8.18. The number of nitrogens with two attached hydrogens (primary N) is 2. The number of carbonyl (C=O) groups excluding carboxylic acids is 1. The molecule has 0 bridgehead atoms. The fraction of sp³-hybridized carbons (Fsp3) is 0.192. The summed E-state index contributed by atoms with van der Waals surface area (Å²) >= 11 is 0. The zero-order valence-corrected chi connectivity index (χ0v) is 22.4. The van der Waals surface area contributed by atoms with Gasteiger partial charge in [-0.05, 0) is 35.9 Å². The van der Waals surface area contributed by atoms with E-state index in [4.69, 9.17) is 35.7 Å². The van der Waals surface area contributed by atoms with Crippen LogP contribution in [0.3, 0.4) is 0 Å². The Morgan fingerprint density at radius 1 is 1.02 bits per heavy atom. The fourth-order valence-corrected chi connectivity index (χ4v) is 4.11. The third-order valence-electron chi connectivity index (χ3n) is 5.30. The lowest BCUT2D eigenvalue weighted by atomic mass is 10.1. The Labute approximate surface area is 233 Å². The second kappa shape index (κ2) is 14.1. The van der Waals surface area contributed by atoms with Gasteiger partial charge in [0.05, 0.1) is 18.6 Å². The summed E-state index contributed by atoms with van der Waals surface area (Å²) in [5.74, 6) is -2.66. The zero-order valence-electron chi connectivity index (χ0n) is 21.6. The average Bonchev–Trinajstić information content (AvgIpc) is 2.92. The van der Waals surface area contributed by atoms with E-state index in [1.54, 1.807) is 65.6 Å². The van der Waals surface area contributed by atoms with E-state index in [9.17, 15) is 26.4 Å². The van der Waals surface area contributed by atoms with Crippen LogP contribution >= 0.6 is 0 Å². The Bertz CT molecular complexity index is 1480. The number of amidine groups is 1. The van der Waals surface area contributed by atoms with Crippen LogP contribution in [0, 0.1) is 5.41 Å². The Hall–Kier alpha value is -4.63. The summed E-state index contributed by atoms with van der Waals surface area (Å²) < 4.78 is 66.1. The number of sulfonamides is 1. The Morgan fingerprint density at radius 3 is 2.17 bits per heavy atom. The van der Waals surface area contributed by atoms with E-state index in [0.29, 0.717) is 34.7 Å². The molecule has 220 valence electrons. The molecule has 0 unspecified atom stereocenters.